The standard InChI is InChI=1S/C19H18ClN3O4/c20-14-3-1-12(2-4-14)8-19(5-6-26-11-19)23-17(25)13-7-15-18(21-9-13)27-10-16(24)22-15/h1-4,7,9H,5-6,8,10-11H2,(H,22,24)(H,23,25). The first-order valence-corrected chi connectivity index (χ1v) is 8.98. The van der Waals surface area contributed by atoms with Crippen molar-refractivity contribution in [1.82, 2.24) is 10.3 Å². The molecule has 8 heteroatoms. The highest BCUT2D eigenvalue weighted by Gasteiger charge is 2.37. The second-order valence-electron chi connectivity index (χ2n) is 6.75. The number of carbonyl (C=O) groups is 2. The average molecular weight is 388 g/mol. The lowest BCUT2D eigenvalue weighted by atomic mass is 9.89. The van der Waals surface area contributed by atoms with E-state index in [1.54, 1.807) is 6.07 Å². The van der Waals surface area contributed by atoms with Crippen LogP contribution in [0.1, 0.15) is 22.3 Å². The van der Waals surface area contributed by atoms with Gasteiger partial charge in [-0.3, -0.25) is 9.59 Å². The van der Waals surface area contributed by atoms with Crippen LogP contribution in [0.15, 0.2) is 36.5 Å². The molecule has 0 bridgehead atoms. The molecule has 3 heterocycles. The van der Waals surface area contributed by atoms with Crippen molar-refractivity contribution >= 4 is 29.1 Å². The van der Waals surface area contributed by atoms with Gasteiger partial charge in [0.25, 0.3) is 11.8 Å². The van der Waals surface area contributed by atoms with E-state index in [0.29, 0.717) is 48.2 Å². The Labute approximate surface area is 161 Å². The number of pyridine rings is 1. The van der Waals surface area contributed by atoms with Crippen LogP contribution in [0.4, 0.5) is 5.69 Å². The second-order valence-corrected chi connectivity index (χ2v) is 7.19. The van der Waals surface area contributed by atoms with Crippen LogP contribution < -0.4 is 15.4 Å². The zero-order valence-electron chi connectivity index (χ0n) is 14.5. The highest BCUT2D eigenvalue weighted by atomic mass is 35.5. The van der Waals surface area contributed by atoms with E-state index in [4.69, 9.17) is 21.1 Å². The highest BCUT2D eigenvalue weighted by Crippen LogP contribution is 2.28. The molecule has 2 aromatic rings. The lowest BCUT2D eigenvalue weighted by Gasteiger charge is -2.29. The Hall–Kier alpha value is -2.64. The smallest absolute Gasteiger partial charge is 0.262 e. The molecule has 2 N–H and O–H groups in total. The van der Waals surface area contributed by atoms with Crippen LogP contribution in [0, 0.1) is 0 Å². The van der Waals surface area contributed by atoms with E-state index in [1.807, 2.05) is 24.3 Å². The third-order valence-corrected chi connectivity index (χ3v) is 4.92. The molecule has 1 aromatic heterocycles. The Kier molecular flexibility index (Phi) is 4.72. The predicted molar refractivity (Wildman–Crippen MR) is 99.2 cm³/mol. The Morgan fingerprint density at radius 3 is 2.89 bits per heavy atom. The summed E-state index contributed by atoms with van der Waals surface area (Å²) in [5.41, 5.74) is 1.31. The first-order chi connectivity index (χ1) is 13.0. The first-order valence-electron chi connectivity index (χ1n) is 8.60. The van der Waals surface area contributed by atoms with Crippen molar-refractivity contribution < 1.29 is 19.1 Å². The number of anilines is 1. The molecule has 1 atom stereocenters. The predicted octanol–water partition coefficient (Wildman–Crippen LogP) is 2.20. The molecular weight excluding hydrogens is 370 g/mol. The number of carbonyl (C=O) groups excluding carboxylic acids is 2. The first kappa shape index (κ1) is 17.8. The number of hydrogen-bond acceptors (Lipinski definition) is 5. The number of fused-ring (bicyclic) bond motifs is 1. The van der Waals surface area contributed by atoms with Crippen LogP contribution in [0.25, 0.3) is 0 Å². The fraction of sp³-hybridized carbons (Fsp3) is 0.316. The molecule has 0 aliphatic carbocycles. The summed E-state index contributed by atoms with van der Waals surface area (Å²) in [4.78, 5) is 28.4. The number of nitrogens with zero attached hydrogens (tertiary/aromatic N) is 1. The zero-order valence-corrected chi connectivity index (χ0v) is 15.2. The third-order valence-electron chi connectivity index (χ3n) is 4.67. The Morgan fingerprint density at radius 1 is 1.33 bits per heavy atom. The van der Waals surface area contributed by atoms with Crippen LogP contribution >= 0.6 is 11.6 Å². The topological polar surface area (TPSA) is 89.5 Å². The molecule has 140 valence electrons. The molecule has 1 aromatic carbocycles. The van der Waals surface area contributed by atoms with Gasteiger partial charge in [0.15, 0.2) is 6.61 Å². The molecule has 2 amide bonds. The SMILES string of the molecule is O=C1COc2ncc(C(=O)NC3(Cc4ccc(Cl)cc4)CCOC3)cc2N1. The third kappa shape index (κ3) is 3.89. The second kappa shape index (κ2) is 7.17. The quantitative estimate of drug-likeness (QED) is 0.839. The van der Waals surface area contributed by atoms with Crippen molar-refractivity contribution in [2.24, 2.45) is 0 Å². The van der Waals surface area contributed by atoms with Gasteiger partial charge in [-0.25, -0.2) is 4.98 Å². The Balaban J connectivity index is 1.53. The highest BCUT2D eigenvalue weighted by molar-refractivity contribution is 6.30. The molecule has 0 radical (unpaired) electrons. The molecule has 2 aliphatic rings. The molecule has 27 heavy (non-hydrogen) atoms. The lowest BCUT2D eigenvalue weighted by Crippen LogP contribution is -2.50. The van der Waals surface area contributed by atoms with Crippen LogP contribution in [0.2, 0.25) is 5.02 Å². The molecule has 1 unspecified atom stereocenters. The summed E-state index contributed by atoms with van der Waals surface area (Å²) in [7, 11) is 0. The molecule has 1 fully saturated rings. The van der Waals surface area contributed by atoms with Gasteiger partial charge in [-0.15, -0.1) is 0 Å². The lowest BCUT2D eigenvalue weighted by molar-refractivity contribution is -0.118. The molecule has 1 saturated heterocycles. The Morgan fingerprint density at radius 2 is 2.15 bits per heavy atom. The van der Waals surface area contributed by atoms with Gasteiger partial charge in [0, 0.05) is 17.8 Å². The molecule has 0 spiro atoms. The van der Waals surface area contributed by atoms with Crippen LogP contribution in [0.5, 0.6) is 5.88 Å². The summed E-state index contributed by atoms with van der Waals surface area (Å²) in [6, 6.07) is 9.13. The van der Waals surface area contributed by atoms with E-state index in [0.717, 1.165) is 5.56 Å². The van der Waals surface area contributed by atoms with Crippen molar-refractivity contribution in [2.45, 2.75) is 18.4 Å². The van der Waals surface area contributed by atoms with E-state index < -0.39 is 5.54 Å². The van der Waals surface area contributed by atoms with Gasteiger partial charge in [0.2, 0.25) is 5.88 Å². The van der Waals surface area contributed by atoms with Crippen LogP contribution in [0.3, 0.4) is 0 Å². The Bertz CT molecular complexity index is 879. The molecule has 0 saturated carbocycles. The molecular formula is C19H18ClN3O4. The number of benzene rings is 1. The van der Waals surface area contributed by atoms with Gasteiger partial charge in [0.1, 0.15) is 5.69 Å². The minimum Gasteiger partial charge on any atom is -0.466 e. The molecule has 2 aliphatic heterocycles. The number of aromatic nitrogens is 1. The minimum atomic E-state index is -0.499. The minimum absolute atomic E-state index is 0.0763. The van der Waals surface area contributed by atoms with E-state index >= 15 is 0 Å². The van der Waals surface area contributed by atoms with E-state index in [-0.39, 0.29) is 18.4 Å². The van der Waals surface area contributed by atoms with Gasteiger partial charge >= 0.3 is 0 Å². The van der Waals surface area contributed by atoms with E-state index in [1.165, 1.54) is 6.20 Å². The summed E-state index contributed by atoms with van der Waals surface area (Å²) in [5, 5.41) is 6.43. The van der Waals surface area contributed by atoms with Crippen molar-refractivity contribution in [3.05, 3.63) is 52.7 Å². The van der Waals surface area contributed by atoms with Crippen LogP contribution in [-0.2, 0) is 16.0 Å². The fourth-order valence-corrected chi connectivity index (χ4v) is 3.42. The van der Waals surface area contributed by atoms with Gasteiger partial charge in [0.05, 0.1) is 17.7 Å². The maximum atomic E-state index is 12.8. The number of nitrogens with one attached hydrogen (secondary N) is 2. The maximum Gasteiger partial charge on any atom is 0.262 e. The van der Waals surface area contributed by atoms with Crippen molar-refractivity contribution in [3.8, 4) is 5.88 Å². The number of ether oxygens (including phenoxy) is 2. The average Bonchev–Trinajstić information content (AvgIpc) is 3.11. The molecule has 4 rings (SSSR count). The maximum absolute atomic E-state index is 12.8. The molecule has 7 nitrogen and oxygen atoms in total. The van der Waals surface area contributed by atoms with Crippen molar-refractivity contribution in [3.63, 3.8) is 0 Å². The summed E-state index contributed by atoms with van der Waals surface area (Å²) in [6.07, 6.45) is 2.78. The normalized spacial score (nSPS) is 21.1. The summed E-state index contributed by atoms with van der Waals surface area (Å²) in [5.74, 6) is -0.235. The summed E-state index contributed by atoms with van der Waals surface area (Å²) in [6.45, 7) is 0.937. The van der Waals surface area contributed by atoms with Crippen LogP contribution in [-0.4, -0.2) is 42.2 Å². The van der Waals surface area contributed by atoms with Crippen molar-refractivity contribution in [1.29, 1.82) is 0 Å². The van der Waals surface area contributed by atoms with E-state index in [2.05, 4.69) is 15.6 Å². The monoisotopic (exact) mass is 387 g/mol. The zero-order chi connectivity index (χ0) is 18.9. The fourth-order valence-electron chi connectivity index (χ4n) is 3.30. The largest absolute Gasteiger partial charge is 0.466 e. The number of amides is 2. The summed E-state index contributed by atoms with van der Waals surface area (Å²) < 4.78 is 10.8. The summed E-state index contributed by atoms with van der Waals surface area (Å²) >= 11 is 5.95. The van der Waals surface area contributed by atoms with E-state index in [9.17, 15) is 9.59 Å². The van der Waals surface area contributed by atoms with Gasteiger partial charge in [-0.2, -0.15) is 0 Å². The van der Waals surface area contributed by atoms with Gasteiger partial charge in [-0.05, 0) is 36.6 Å². The van der Waals surface area contributed by atoms with Gasteiger partial charge < -0.3 is 20.1 Å². The number of halogens is 1. The van der Waals surface area contributed by atoms with Crippen molar-refractivity contribution in [2.75, 3.05) is 25.1 Å². The van der Waals surface area contributed by atoms with Gasteiger partial charge in [-0.1, -0.05) is 23.7 Å². The number of rotatable bonds is 4. The number of hydrogen-bond donors (Lipinski definition) is 2.